The molecule has 0 bridgehead atoms. The van der Waals surface area contributed by atoms with E-state index in [-0.39, 0.29) is 11.9 Å². The van der Waals surface area contributed by atoms with E-state index < -0.39 is 0 Å². The quantitative estimate of drug-likeness (QED) is 0.347. The molecule has 0 N–H and O–H groups in total. The number of rotatable bonds is 4. The summed E-state index contributed by atoms with van der Waals surface area (Å²) in [6.07, 6.45) is 0.768. The lowest BCUT2D eigenvalue weighted by Crippen LogP contribution is -2.18. The molecule has 0 unspecified atom stereocenters. The Bertz CT molecular complexity index is 1210. The second kappa shape index (κ2) is 7.78. The third-order valence-corrected chi connectivity index (χ3v) is 7.08. The molecule has 0 saturated carbocycles. The maximum atomic E-state index is 13.5. The van der Waals surface area contributed by atoms with Crippen molar-refractivity contribution in [2.45, 2.75) is 26.3 Å². The average molecular weight is 434 g/mol. The van der Waals surface area contributed by atoms with E-state index in [1.165, 1.54) is 23.3 Å². The van der Waals surface area contributed by atoms with E-state index in [9.17, 15) is 4.39 Å². The van der Waals surface area contributed by atoms with Gasteiger partial charge in [-0.3, -0.25) is 0 Å². The Labute approximate surface area is 183 Å². The van der Waals surface area contributed by atoms with E-state index in [4.69, 9.17) is 10.1 Å². The first-order valence-corrected chi connectivity index (χ1v) is 11.5. The lowest BCUT2D eigenvalue weighted by atomic mass is 10.0. The SMILES string of the molecule is Cc1ccc(C)c(-c2csc(N3N=C(c4cccs4)C[C@@H]3c3ccc(F)cc3)n2)c1. The molecule has 1 aliphatic rings. The lowest BCUT2D eigenvalue weighted by molar-refractivity contribution is 0.624. The standard InChI is InChI=1S/C24H20FN3S2/c1-15-5-6-16(2)19(12-15)21-14-30-24(26-21)28-22(17-7-9-18(25)10-8-17)13-20(27-28)23-4-3-11-29-23/h3-12,14,22H,13H2,1-2H3/t22-/m1/s1. The predicted molar refractivity (Wildman–Crippen MR) is 124 cm³/mol. The van der Waals surface area contributed by atoms with E-state index in [2.05, 4.69) is 48.9 Å². The first-order valence-electron chi connectivity index (χ1n) is 9.78. The third kappa shape index (κ3) is 3.57. The van der Waals surface area contributed by atoms with Crippen molar-refractivity contribution in [1.82, 2.24) is 4.98 Å². The van der Waals surface area contributed by atoms with Gasteiger partial charge in [0.2, 0.25) is 5.13 Å². The number of nitrogens with zero attached hydrogens (tertiary/aromatic N) is 3. The highest BCUT2D eigenvalue weighted by Crippen LogP contribution is 2.40. The minimum absolute atomic E-state index is 0.000284. The van der Waals surface area contributed by atoms with Crippen LogP contribution in [0.15, 0.2) is 70.5 Å². The Kier molecular flexibility index (Phi) is 4.97. The van der Waals surface area contributed by atoms with Crippen molar-refractivity contribution in [3.05, 3.63) is 92.7 Å². The van der Waals surface area contributed by atoms with E-state index >= 15 is 0 Å². The van der Waals surface area contributed by atoms with Gasteiger partial charge >= 0.3 is 0 Å². The minimum Gasteiger partial charge on any atom is -0.231 e. The molecule has 0 fully saturated rings. The number of aryl methyl sites for hydroxylation is 2. The van der Waals surface area contributed by atoms with Crippen LogP contribution < -0.4 is 5.01 Å². The van der Waals surface area contributed by atoms with Crippen LogP contribution in [0.2, 0.25) is 0 Å². The summed E-state index contributed by atoms with van der Waals surface area (Å²) in [5.74, 6) is -0.228. The highest BCUT2D eigenvalue weighted by atomic mass is 32.1. The van der Waals surface area contributed by atoms with E-state index in [1.54, 1.807) is 22.7 Å². The number of hydrogen-bond acceptors (Lipinski definition) is 5. The van der Waals surface area contributed by atoms with Gasteiger partial charge in [0.05, 0.1) is 22.3 Å². The van der Waals surface area contributed by atoms with Crippen LogP contribution in [0.5, 0.6) is 0 Å². The molecule has 150 valence electrons. The van der Waals surface area contributed by atoms with Gasteiger partial charge < -0.3 is 0 Å². The Morgan fingerprint density at radius 3 is 2.63 bits per heavy atom. The second-order valence-corrected chi connectivity index (χ2v) is 9.26. The molecule has 30 heavy (non-hydrogen) atoms. The highest BCUT2D eigenvalue weighted by Gasteiger charge is 2.32. The number of thiophene rings is 1. The monoisotopic (exact) mass is 433 g/mol. The van der Waals surface area contributed by atoms with Gasteiger partial charge in [0.15, 0.2) is 0 Å². The van der Waals surface area contributed by atoms with Crippen LogP contribution in [0.25, 0.3) is 11.3 Å². The van der Waals surface area contributed by atoms with Gasteiger partial charge in [-0.25, -0.2) is 14.4 Å². The smallest absolute Gasteiger partial charge is 0.207 e. The maximum Gasteiger partial charge on any atom is 0.207 e. The van der Waals surface area contributed by atoms with Crippen molar-refractivity contribution in [1.29, 1.82) is 0 Å². The number of aromatic nitrogens is 1. The Balaban J connectivity index is 1.55. The molecule has 0 saturated heterocycles. The van der Waals surface area contributed by atoms with Gasteiger partial charge in [0.25, 0.3) is 0 Å². The van der Waals surface area contributed by atoms with Gasteiger partial charge in [0, 0.05) is 17.4 Å². The topological polar surface area (TPSA) is 28.5 Å². The van der Waals surface area contributed by atoms with Crippen molar-refractivity contribution < 1.29 is 4.39 Å². The molecule has 3 heterocycles. The van der Waals surface area contributed by atoms with Crippen LogP contribution in [0.3, 0.4) is 0 Å². The summed E-state index contributed by atoms with van der Waals surface area (Å²) in [7, 11) is 0. The Hall–Kier alpha value is -2.83. The molecule has 5 rings (SSSR count). The number of benzene rings is 2. The highest BCUT2D eigenvalue weighted by molar-refractivity contribution is 7.14. The third-order valence-electron chi connectivity index (χ3n) is 5.33. The second-order valence-electron chi connectivity index (χ2n) is 7.47. The molecular weight excluding hydrogens is 413 g/mol. The zero-order valence-electron chi connectivity index (χ0n) is 16.7. The molecule has 0 radical (unpaired) electrons. The fraction of sp³-hybridized carbons (Fsp3) is 0.167. The van der Waals surface area contributed by atoms with E-state index in [0.29, 0.717) is 0 Å². The molecule has 2 aromatic heterocycles. The van der Waals surface area contributed by atoms with Gasteiger partial charge in [0.1, 0.15) is 5.82 Å². The van der Waals surface area contributed by atoms with Gasteiger partial charge in [-0.1, -0.05) is 35.9 Å². The van der Waals surface area contributed by atoms with Gasteiger partial charge in [-0.15, -0.1) is 22.7 Å². The van der Waals surface area contributed by atoms with Gasteiger partial charge in [-0.2, -0.15) is 5.10 Å². The summed E-state index contributed by atoms with van der Waals surface area (Å²) >= 11 is 3.28. The van der Waals surface area contributed by atoms with Crippen molar-refractivity contribution in [2.75, 3.05) is 5.01 Å². The molecule has 4 aromatic rings. The summed E-state index contributed by atoms with van der Waals surface area (Å²) in [6.45, 7) is 4.21. The molecule has 2 aromatic carbocycles. The van der Waals surface area contributed by atoms with Crippen LogP contribution in [0, 0.1) is 19.7 Å². The molecule has 1 atom stereocenters. The minimum atomic E-state index is -0.228. The van der Waals surface area contributed by atoms with E-state index in [0.717, 1.165) is 39.0 Å². The zero-order chi connectivity index (χ0) is 20.7. The number of hydrogen-bond donors (Lipinski definition) is 0. The summed E-state index contributed by atoms with van der Waals surface area (Å²) in [5.41, 5.74) is 6.62. The van der Waals surface area contributed by atoms with Crippen LogP contribution in [-0.2, 0) is 0 Å². The first kappa shape index (κ1) is 19.2. The summed E-state index contributed by atoms with van der Waals surface area (Å²) in [4.78, 5) is 6.10. The van der Waals surface area contributed by atoms with Crippen molar-refractivity contribution in [2.24, 2.45) is 5.10 Å². The number of anilines is 1. The van der Waals surface area contributed by atoms with Crippen LogP contribution in [-0.4, -0.2) is 10.7 Å². The molecule has 3 nitrogen and oxygen atoms in total. The van der Waals surface area contributed by atoms with Crippen LogP contribution in [0.1, 0.15) is 34.0 Å². The summed E-state index contributed by atoms with van der Waals surface area (Å²) < 4.78 is 13.5. The fourth-order valence-corrected chi connectivity index (χ4v) is 5.27. The molecule has 0 aliphatic carbocycles. The van der Waals surface area contributed by atoms with Crippen LogP contribution >= 0.6 is 22.7 Å². The van der Waals surface area contributed by atoms with E-state index in [1.807, 2.05) is 23.2 Å². The van der Waals surface area contributed by atoms with Crippen molar-refractivity contribution in [3.63, 3.8) is 0 Å². The molecular formula is C24H20FN3S2. The molecule has 0 spiro atoms. The number of hydrazone groups is 1. The van der Waals surface area contributed by atoms with Crippen molar-refractivity contribution >= 4 is 33.5 Å². The average Bonchev–Trinajstić information content (AvgIpc) is 3.50. The predicted octanol–water partition coefficient (Wildman–Crippen LogP) is 6.98. The van der Waals surface area contributed by atoms with Gasteiger partial charge in [-0.05, 0) is 54.6 Å². The first-order chi connectivity index (χ1) is 14.6. The lowest BCUT2D eigenvalue weighted by Gasteiger charge is -2.21. The summed E-state index contributed by atoms with van der Waals surface area (Å²) in [5, 5.41) is 12.0. The fourth-order valence-electron chi connectivity index (χ4n) is 3.73. The molecule has 6 heteroatoms. The molecule has 0 amide bonds. The normalized spacial score (nSPS) is 16.2. The van der Waals surface area contributed by atoms with Crippen molar-refractivity contribution in [3.8, 4) is 11.3 Å². The Morgan fingerprint density at radius 1 is 1.03 bits per heavy atom. The number of thiazole rings is 1. The molecule has 1 aliphatic heterocycles. The number of halogens is 1. The maximum absolute atomic E-state index is 13.5. The Morgan fingerprint density at radius 2 is 1.87 bits per heavy atom. The largest absolute Gasteiger partial charge is 0.231 e. The van der Waals surface area contributed by atoms with Crippen LogP contribution in [0.4, 0.5) is 9.52 Å². The zero-order valence-corrected chi connectivity index (χ0v) is 18.3. The summed E-state index contributed by atoms with van der Waals surface area (Å²) in [6, 6.07) is 17.3.